The molecule has 34 heavy (non-hydrogen) atoms. The molecule has 3 aromatic rings. The average Bonchev–Trinajstić information content (AvgIpc) is 3.35. The Balaban J connectivity index is 1.37. The minimum atomic E-state index is 0.0447. The minimum absolute atomic E-state index is 0.0447. The molecule has 2 heterocycles. The van der Waals surface area contributed by atoms with E-state index in [-0.39, 0.29) is 12.5 Å². The number of hydrogen-bond acceptors (Lipinski definition) is 8. The number of aliphatic imine (C=N–C) groups is 1. The molecule has 0 saturated heterocycles. The summed E-state index contributed by atoms with van der Waals surface area (Å²) in [6.07, 6.45) is 0. The zero-order chi connectivity index (χ0) is 23.8. The van der Waals surface area contributed by atoms with Gasteiger partial charge in [0.05, 0.1) is 31.1 Å². The predicted molar refractivity (Wildman–Crippen MR) is 136 cm³/mol. The van der Waals surface area contributed by atoms with Crippen LogP contribution in [0.2, 0.25) is 0 Å². The summed E-state index contributed by atoms with van der Waals surface area (Å²) in [5, 5.41) is 31.1. The van der Waals surface area contributed by atoms with E-state index < -0.39 is 0 Å². The summed E-state index contributed by atoms with van der Waals surface area (Å²) in [5.41, 5.74) is 4.23. The standard InChI is InChI=1S/C24H28BrN5O4/c25-16-5-6-20-18(15-16)21(24(32)29-20)23-22(17-3-1-2-4-19(17)28-23)30-34-13-10-27-8-7-26-9-12-33-14-11-31/h1-6,15,26-27,29,31-32H,7-14H2. The van der Waals surface area contributed by atoms with Crippen LogP contribution in [0.5, 0.6) is 5.88 Å². The van der Waals surface area contributed by atoms with Gasteiger partial charge in [-0.25, -0.2) is 4.99 Å². The molecule has 0 atom stereocenters. The fraction of sp³-hybridized carbons (Fsp3) is 0.333. The van der Waals surface area contributed by atoms with Gasteiger partial charge in [0.2, 0.25) is 0 Å². The number of nitrogens with zero attached hydrogens (tertiary/aromatic N) is 2. The third-order valence-electron chi connectivity index (χ3n) is 5.26. The molecule has 0 spiro atoms. The highest BCUT2D eigenvalue weighted by Gasteiger charge is 2.29. The third kappa shape index (κ3) is 5.83. The number of aliphatic hydroxyl groups excluding tert-OH is 1. The molecular formula is C24H28BrN5O4. The third-order valence-corrected chi connectivity index (χ3v) is 5.75. The summed E-state index contributed by atoms with van der Waals surface area (Å²) in [6.45, 7) is 4.35. The summed E-state index contributed by atoms with van der Waals surface area (Å²) < 4.78 is 6.10. The first-order valence-corrected chi connectivity index (χ1v) is 12.0. The normalized spacial score (nSPS) is 14.1. The highest BCUT2D eigenvalue weighted by atomic mass is 79.9. The van der Waals surface area contributed by atoms with Crippen LogP contribution in [0.25, 0.3) is 10.9 Å². The molecule has 0 aliphatic carbocycles. The van der Waals surface area contributed by atoms with E-state index in [4.69, 9.17) is 19.7 Å². The molecule has 0 fully saturated rings. The zero-order valence-corrected chi connectivity index (χ0v) is 20.3. The Labute approximate surface area is 206 Å². The summed E-state index contributed by atoms with van der Waals surface area (Å²) in [5.74, 6) is 0.0447. The zero-order valence-electron chi connectivity index (χ0n) is 18.7. The number of oxime groups is 1. The fourth-order valence-electron chi connectivity index (χ4n) is 3.69. The van der Waals surface area contributed by atoms with Gasteiger partial charge in [-0.1, -0.05) is 39.3 Å². The first-order valence-electron chi connectivity index (χ1n) is 11.2. The van der Waals surface area contributed by atoms with Gasteiger partial charge in [0.1, 0.15) is 18.0 Å². The van der Waals surface area contributed by atoms with Crippen molar-refractivity contribution in [2.75, 3.05) is 52.6 Å². The van der Waals surface area contributed by atoms with Crippen LogP contribution in [0.4, 0.5) is 5.69 Å². The van der Waals surface area contributed by atoms with Crippen LogP contribution in [0.1, 0.15) is 11.1 Å². The van der Waals surface area contributed by atoms with Crippen LogP contribution in [0, 0.1) is 0 Å². The molecule has 5 N–H and O–H groups in total. The molecule has 2 aromatic carbocycles. The van der Waals surface area contributed by atoms with Crippen molar-refractivity contribution in [1.82, 2.24) is 15.6 Å². The monoisotopic (exact) mass is 529 g/mol. The van der Waals surface area contributed by atoms with Crippen LogP contribution in [0.15, 0.2) is 57.1 Å². The maximum absolute atomic E-state index is 10.7. The van der Waals surface area contributed by atoms with Crippen LogP contribution < -0.4 is 10.6 Å². The maximum atomic E-state index is 10.7. The van der Waals surface area contributed by atoms with Gasteiger partial charge in [-0.15, -0.1) is 0 Å². The van der Waals surface area contributed by atoms with Gasteiger partial charge in [0.25, 0.3) is 0 Å². The van der Waals surface area contributed by atoms with E-state index in [1.54, 1.807) is 0 Å². The van der Waals surface area contributed by atoms with E-state index in [1.807, 2.05) is 42.5 Å². The number of halogens is 1. The van der Waals surface area contributed by atoms with Gasteiger partial charge in [-0.2, -0.15) is 0 Å². The van der Waals surface area contributed by atoms with Crippen LogP contribution in [-0.4, -0.2) is 79.2 Å². The Morgan fingerprint density at radius 2 is 1.79 bits per heavy atom. The number of fused-ring (bicyclic) bond motifs is 2. The summed E-state index contributed by atoms with van der Waals surface area (Å²) in [6, 6.07) is 13.5. The number of aromatic nitrogens is 1. The Hall–Kier alpha value is -2.76. The van der Waals surface area contributed by atoms with Crippen LogP contribution in [-0.2, 0) is 9.57 Å². The van der Waals surface area contributed by atoms with Crippen LogP contribution in [0.3, 0.4) is 0 Å². The molecule has 0 unspecified atom stereocenters. The average molecular weight is 530 g/mol. The van der Waals surface area contributed by atoms with Crippen molar-refractivity contribution in [1.29, 1.82) is 0 Å². The number of hydrogen-bond donors (Lipinski definition) is 5. The number of aliphatic hydroxyl groups is 1. The second-order valence-electron chi connectivity index (χ2n) is 7.63. The van der Waals surface area contributed by atoms with E-state index in [0.29, 0.717) is 43.4 Å². The quantitative estimate of drug-likeness (QED) is 0.171. The van der Waals surface area contributed by atoms with Crippen molar-refractivity contribution in [3.05, 3.63) is 58.1 Å². The predicted octanol–water partition coefficient (Wildman–Crippen LogP) is 2.68. The number of ether oxygens (including phenoxy) is 1. The lowest BCUT2D eigenvalue weighted by molar-refractivity contribution is 0.0940. The number of H-pyrrole nitrogens is 1. The van der Waals surface area contributed by atoms with E-state index in [1.165, 1.54) is 0 Å². The Bertz CT molecular complexity index is 1180. The smallest absolute Gasteiger partial charge is 0.199 e. The summed E-state index contributed by atoms with van der Waals surface area (Å²) in [4.78, 5) is 13.4. The molecule has 0 radical (unpaired) electrons. The number of benzene rings is 2. The Morgan fingerprint density at radius 1 is 1.00 bits per heavy atom. The van der Waals surface area contributed by atoms with Crippen LogP contribution >= 0.6 is 15.9 Å². The second kappa shape index (κ2) is 12.1. The van der Waals surface area contributed by atoms with Gasteiger partial charge in [0.15, 0.2) is 5.88 Å². The minimum Gasteiger partial charge on any atom is -0.494 e. The SMILES string of the molecule is OCCOCCNCCNCCON=C1C(c2c(O)[nH]c3ccc(Br)cc23)=Nc2ccccc21. The number of aromatic amines is 1. The van der Waals surface area contributed by atoms with Crippen molar-refractivity contribution in [2.45, 2.75) is 0 Å². The number of para-hydroxylation sites is 1. The summed E-state index contributed by atoms with van der Waals surface area (Å²) in [7, 11) is 0. The van der Waals surface area contributed by atoms with E-state index >= 15 is 0 Å². The molecular weight excluding hydrogens is 502 g/mol. The van der Waals surface area contributed by atoms with Crippen molar-refractivity contribution < 1.29 is 19.8 Å². The molecule has 10 heteroatoms. The number of aromatic hydroxyl groups is 1. The van der Waals surface area contributed by atoms with E-state index in [0.717, 1.165) is 46.3 Å². The molecule has 4 rings (SSSR count). The molecule has 1 aliphatic heterocycles. The lowest BCUT2D eigenvalue weighted by atomic mass is 10.0. The second-order valence-corrected chi connectivity index (χ2v) is 8.54. The topological polar surface area (TPSA) is 123 Å². The largest absolute Gasteiger partial charge is 0.494 e. The lowest BCUT2D eigenvalue weighted by Crippen LogP contribution is -2.31. The molecule has 180 valence electrons. The highest BCUT2D eigenvalue weighted by Crippen LogP contribution is 2.36. The molecule has 1 aromatic heterocycles. The van der Waals surface area contributed by atoms with Crippen molar-refractivity contribution in [3.63, 3.8) is 0 Å². The van der Waals surface area contributed by atoms with Gasteiger partial charge in [-0.3, -0.25) is 0 Å². The van der Waals surface area contributed by atoms with Gasteiger partial charge in [-0.05, 0) is 24.3 Å². The Morgan fingerprint density at radius 3 is 2.62 bits per heavy atom. The number of nitrogens with one attached hydrogen (secondary N) is 3. The van der Waals surface area contributed by atoms with Crippen molar-refractivity contribution in [2.24, 2.45) is 10.1 Å². The van der Waals surface area contributed by atoms with Gasteiger partial charge < -0.3 is 35.4 Å². The first-order chi connectivity index (χ1) is 16.7. The molecule has 0 bridgehead atoms. The van der Waals surface area contributed by atoms with E-state index in [9.17, 15) is 5.11 Å². The van der Waals surface area contributed by atoms with Crippen molar-refractivity contribution >= 4 is 43.9 Å². The van der Waals surface area contributed by atoms with Gasteiger partial charge >= 0.3 is 0 Å². The molecule has 0 amide bonds. The van der Waals surface area contributed by atoms with E-state index in [2.05, 4.69) is 36.7 Å². The van der Waals surface area contributed by atoms with Gasteiger partial charge in [0, 0.05) is 47.1 Å². The lowest BCUT2D eigenvalue weighted by Gasteiger charge is -2.08. The Kier molecular flexibility index (Phi) is 8.67. The highest BCUT2D eigenvalue weighted by molar-refractivity contribution is 9.10. The summed E-state index contributed by atoms with van der Waals surface area (Å²) >= 11 is 3.51. The maximum Gasteiger partial charge on any atom is 0.199 e. The fourth-order valence-corrected chi connectivity index (χ4v) is 4.06. The number of rotatable bonds is 13. The first kappa shape index (κ1) is 24.4. The molecule has 1 aliphatic rings. The molecule has 9 nitrogen and oxygen atoms in total. The van der Waals surface area contributed by atoms with Crippen molar-refractivity contribution in [3.8, 4) is 5.88 Å². The molecule has 0 saturated carbocycles.